The highest BCUT2D eigenvalue weighted by Gasteiger charge is 2.19. The van der Waals surface area contributed by atoms with Crippen LogP contribution in [0.3, 0.4) is 0 Å². The molecule has 3 N–H and O–H groups in total. The molecule has 0 unspecified atom stereocenters. The van der Waals surface area contributed by atoms with Crippen LogP contribution in [0.5, 0.6) is 23.0 Å². The number of carbonyl (C=O) groups is 3. The first-order chi connectivity index (χ1) is 30.6. The van der Waals surface area contributed by atoms with Gasteiger partial charge in [0.1, 0.15) is 29.3 Å². The van der Waals surface area contributed by atoms with Crippen molar-refractivity contribution in [3.63, 3.8) is 0 Å². The minimum Gasteiger partial charge on any atom is -0.495 e. The number of rotatable bonds is 18. The summed E-state index contributed by atoms with van der Waals surface area (Å²) in [5, 5.41) is 25.1. The van der Waals surface area contributed by atoms with Crippen molar-refractivity contribution in [3.8, 4) is 23.0 Å². The van der Waals surface area contributed by atoms with Gasteiger partial charge in [-0.3, -0.25) is 23.7 Å². The van der Waals surface area contributed by atoms with E-state index in [0.717, 1.165) is 34.0 Å². The maximum absolute atomic E-state index is 12.8. The van der Waals surface area contributed by atoms with Gasteiger partial charge in [0.2, 0.25) is 0 Å². The highest BCUT2D eigenvalue weighted by atomic mass is 35.5. The predicted molar refractivity (Wildman–Crippen MR) is 249 cm³/mol. The maximum atomic E-state index is 12.8. The first-order valence-corrected chi connectivity index (χ1v) is 21.3. The largest absolute Gasteiger partial charge is 0.495 e. The van der Waals surface area contributed by atoms with E-state index in [2.05, 4.69) is 48.5 Å². The SMILES string of the molecule is COc1cc(C=O)ccc1NC(=O)c1cc(C)n(Cc2cc(Cl)ccc2OCC(C)C)n1.COc1cc(CO)ccc1NC(=O)c1cc(C)n(Cc2cc(Cl)ccc2OCC(C)C)n1. The minimum absolute atomic E-state index is 0.111. The average Bonchev–Trinajstić information content (AvgIpc) is 3.83. The van der Waals surface area contributed by atoms with Crippen LogP contribution in [0.25, 0.3) is 0 Å². The van der Waals surface area contributed by atoms with Crippen LogP contribution in [-0.2, 0) is 19.7 Å². The highest BCUT2D eigenvalue weighted by molar-refractivity contribution is 6.31. The number of aromatic nitrogens is 4. The van der Waals surface area contributed by atoms with Gasteiger partial charge in [-0.1, -0.05) is 57.0 Å². The Balaban J connectivity index is 0.000000241. The fourth-order valence-electron chi connectivity index (χ4n) is 6.22. The zero-order valence-electron chi connectivity index (χ0n) is 37.2. The lowest BCUT2D eigenvalue weighted by molar-refractivity contribution is 0.101. The lowest BCUT2D eigenvalue weighted by Gasteiger charge is -2.14. The Morgan fingerprint density at radius 3 is 1.53 bits per heavy atom. The topological polar surface area (TPSA) is 168 Å². The van der Waals surface area contributed by atoms with E-state index in [1.807, 2.05) is 38.1 Å². The molecule has 0 fully saturated rings. The monoisotopic (exact) mass is 912 g/mol. The van der Waals surface area contributed by atoms with Crippen LogP contribution in [0.15, 0.2) is 84.9 Å². The second-order valence-corrected chi connectivity index (χ2v) is 16.6. The van der Waals surface area contributed by atoms with Gasteiger partial charge in [-0.25, -0.2) is 0 Å². The van der Waals surface area contributed by atoms with Crippen LogP contribution in [0, 0.1) is 25.7 Å². The molecule has 0 spiro atoms. The van der Waals surface area contributed by atoms with Gasteiger partial charge in [-0.05, 0) is 110 Å². The first-order valence-electron chi connectivity index (χ1n) is 20.6. The molecule has 4 aromatic carbocycles. The van der Waals surface area contributed by atoms with E-state index in [1.54, 1.807) is 70.0 Å². The summed E-state index contributed by atoms with van der Waals surface area (Å²) >= 11 is 12.4. The Morgan fingerprint density at radius 2 is 1.11 bits per heavy atom. The quantitative estimate of drug-likeness (QED) is 0.0707. The zero-order valence-corrected chi connectivity index (χ0v) is 38.7. The zero-order chi connectivity index (χ0) is 46.5. The Bertz CT molecular complexity index is 2570. The number of nitrogens with one attached hydrogen (secondary N) is 2. The molecule has 0 saturated heterocycles. The number of hydrogen-bond acceptors (Lipinski definition) is 10. The van der Waals surface area contributed by atoms with E-state index in [1.165, 1.54) is 14.2 Å². The number of aliphatic hydroxyl groups excluding tert-OH is 1. The molecule has 2 aromatic heterocycles. The lowest BCUT2D eigenvalue weighted by Crippen LogP contribution is -2.14. The lowest BCUT2D eigenvalue weighted by atomic mass is 10.2. The number of aliphatic hydroxyl groups is 1. The molecule has 2 heterocycles. The summed E-state index contributed by atoms with van der Waals surface area (Å²) < 4.78 is 25.9. The summed E-state index contributed by atoms with van der Waals surface area (Å²) in [6.45, 7) is 14.0. The number of halogens is 2. The molecule has 6 aromatic rings. The number of carbonyl (C=O) groups excluding carboxylic acids is 3. The summed E-state index contributed by atoms with van der Waals surface area (Å²) in [5.41, 5.74) is 6.04. The Labute approximate surface area is 383 Å². The number of aldehydes is 1. The molecule has 0 aliphatic rings. The van der Waals surface area contributed by atoms with E-state index in [-0.39, 0.29) is 29.8 Å². The molecule has 2 amide bonds. The summed E-state index contributed by atoms with van der Waals surface area (Å²) in [4.78, 5) is 36.6. The first kappa shape index (κ1) is 48.7. The molecular weight excluding hydrogens is 859 g/mol. The number of amides is 2. The van der Waals surface area contributed by atoms with Crippen molar-refractivity contribution in [2.75, 3.05) is 38.1 Å². The number of ether oxygens (including phenoxy) is 4. The van der Waals surface area contributed by atoms with Crippen LogP contribution in [0.2, 0.25) is 10.0 Å². The normalized spacial score (nSPS) is 10.9. The summed E-state index contributed by atoms with van der Waals surface area (Å²) in [7, 11) is 2.98. The number of methoxy groups -OCH3 is 2. The van der Waals surface area contributed by atoms with Crippen molar-refractivity contribution in [2.45, 2.75) is 61.2 Å². The van der Waals surface area contributed by atoms with Gasteiger partial charge < -0.3 is 34.7 Å². The second kappa shape index (κ2) is 22.8. The van der Waals surface area contributed by atoms with E-state index in [4.69, 9.17) is 42.1 Å². The third kappa shape index (κ3) is 13.3. The molecule has 64 heavy (non-hydrogen) atoms. The second-order valence-electron chi connectivity index (χ2n) is 15.7. The van der Waals surface area contributed by atoms with Gasteiger partial charge in [0, 0.05) is 38.1 Å². The van der Waals surface area contributed by atoms with E-state index in [0.29, 0.717) is 88.5 Å². The Hall–Kier alpha value is -6.35. The van der Waals surface area contributed by atoms with Crippen molar-refractivity contribution in [2.24, 2.45) is 11.8 Å². The van der Waals surface area contributed by atoms with Crippen LogP contribution in [0.1, 0.15) is 87.1 Å². The molecular formula is C48H54Cl2N6O8. The molecule has 0 saturated carbocycles. The molecule has 0 aliphatic heterocycles. The molecule has 0 atom stereocenters. The molecule has 6 rings (SSSR count). The fourth-order valence-corrected chi connectivity index (χ4v) is 6.61. The van der Waals surface area contributed by atoms with Crippen LogP contribution < -0.4 is 29.6 Å². The minimum atomic E-state index is -0.383. The number of hydrogen-bond donors (Lipinski definition) is 3. The Kier molecular flexibility index (Phi) is 17.4. The smallest absolute Gasteiger partial charge is 0.276 e. The highest BCUT2D eigenvalue weighted by Crippen LogP contribution is 2.29. The molecule has 16 heteroatoms. The molecule has 14 nitrogen and oxygen atoms in total. The standard InChI is InChI=1S/C24H28ClN3O4.C24H26ClN3O4/c2*1-15(2)14-32-22-8-6-19(25)11-18(22)12-28-16(3)9-21(27-28)24(30)26-20-7-5-17(13-29)10-23(20)31-4/h5-11,15,29H,12-14H2,1-4H3,(H,26,30);5-11,13,15H,12,14H2,1-4H3,(H,26,30). The van der Waals surface area contributed by atoms with Gasteiger partial charge in [0.05, 0.1) is 58.5 Å². The fraction of sp³-hybridized carbons (Fsp3) is 0.312. The van der Waals surface area contributed by atoms with Crippen LogP contribution in [-0.4, -0.2) is 70.2 Å². The van der Waals surface area contributed by atoms with Crippen molar-refractivity contribution in [1.29, 1.82) is 0 Å². The van der Waals surface area contributed by atoms with Crippen molar-refractivity contribution < 1.29 is 38.4 Å². The van der Waals surface area contributed by atoms with E-state index >= 15 is 0 Å². The third-order valence-corrected chi connectivity index (χ3v) is 10.0. The van der Waals surface area contributed by atoms with Crippen molar-refractivity contribution >= 4 is 52.7 Å². The van der Waals surface area contributed by atoms with Gasteiger partial charge in [0.15, 0.2) is 11.4 Å². The van der Waals surface area contributed by atoms with E-state index < -0.39 is 0 Å². The number of nitrogens with zero attached hydrogens (tertiary/aromatic N) is 4. The summed E-state index contributed by atoms with van der Waals surface area (Å²) in [5.74, 6) is 2.39. The number of anilines is 2. The van der Waals surface area contributed by atoms with Crippen molar-refractivity contribution in [3.05, 3.63) is 140 Å². The third-order valence-electron chi connectivity index (χ3n) is 9.56. The van der Waals surface area contributed by atoms with Crippen LogP contribution >= 0.6 is 23.2 Å². The van der Waals surface area contributed by atoms with Crippen molar-refractivity contribution in [1.82, 2.24) is 19.6 Å². The predicted octanol–water partition coefficient (Wildman–Crippen LogP) is 9.68. The average molecular weight is 914 g/mol. The maximum Gasteiger partial charge on any atom is 0.276 e. The van der Waals surface area contributed by atoms with Gasteiger partial charge >= 0.3 is 0 Å². The van der Waals surface area contributed by atoms with Gasteiger partial charge in [0.25, 0.3) is 11.8 Å². The summed E-state index contributed by atoms with van der Waals surface area (Å²) in [6.07, 6.45) is 0.716. The molecule has 0 radical (unpaired) electrons. The molecule has 338 valence electrons. The molecule has 0 aliphatic carbocycles. The Morgan fingerprint density at radius 1 is 0.656 bits per heavy atom. The molecule has 0 bridgehead atoms. The summed E-state index contributed by atoms with van der Waals surface area (Å²) in [6, 6.07) is 24.3. The number of benzene rings is 4. The van der Waals surface area contributed by atoms with Crippen LogP contribution in [0.4, 0.5) is 11.4 Å². The van der Waals surface area contributed by atoms with Gasteiger partial charge in [-0.2, -0.15) is 10.2 Å². The van der Waals surface area contributed by atoms with E-state index in [9.17, 15) is 19.5 Å². The number of aryl methyl sites for hydroxylation is 2. The van der Waals surface area contributed by atoms with Gasteiger partial charge in [-0.15, -0.1) is 0 Å².